The van der Waals surface area contributed by atoms with Crippen molar-refractivity contribution in [1.29, 1.82) is 0 Å². The molecule has 0 spiro atoms. The molecule has 9 rings (SSSR count). The van der Waals surface area contributed by atoms with E-state index in [1.165, 1.54) is 53.0 Å². The van der Waals surface area contributed by atoms with Crippen LogP contribution in [0.2, 0.25) is 0 Å². The van der Waals surface area contributed by atoms with E-state index in [9.17, 15) is 8.42 Å². The van der Waals surface area contributed by atoms with E-state index < -0.39 is 17.0 Å². The molecule has 7 aromatic rings. The SMILES string of the molecule is CC(=NCS(=O)(=O)c1ccc(C)cc1)c1ccc2c(c1)Cc1ccccc1S2.Cc1cc(B(O)O)ccn1.Cc1cc(C(C)c2ccc3c(c2)Cc2ccccc2S3)ccn1. The van der Waals surface area contributed by atoms with Crippen molar-refractivity contribution in [2.45, 2.75) is 77.9 Å². The van der Waals surface area contributed by atoms with Crippen LogP contribution >= 0.6 is 23.5 Å². The van der Waals surface area contributed by atoms with Crippen molar-refractivity contribution in [3.8, 4) is 0 Å². The molecule has 2 aromatic heterocycles. The first-order valence-electron chi connectivity index (χ1n) is 20.1. The zero-order valence-corrected chi connectivity index (χ0v) is 37.4. The number of aromatic nitrogens is 2. The summed E-state index contributed by atoms with van der Waals surface area (Å²) >= 11 is 3.67. The fourth-order valence-corrected chi connectivity index (χ4v) is 10.3. The van der Waals surface area contributed by atoms with E-state index in [4.69, 9.17) is 10.0 Å². The van der Waals surface area contributed by atoms with Gasteiger partial charge in [-0.15, -0.1) is 0 Å². The third kappa shape index (κ3) is 11.2. The number of pyridine rings is 2. The van der Waals surface area contributed by atoms with Crippen LogP contribution in [0.25, 0.3) is 0 Å². The summed E-state index contributed by atoms with van der Waals surface area (Å²) in [4.78, 5) is 18.2. The van der Waals surface area contributed by atoms with Gasteiger partial charge in [0.25, 0.3) is 0 Å². The molecule has 5 aromatic carbocycles. The van der Waals surface area contributed by atoms with Gasteiger partial charge in [-0.3, -0.25) is 15.0 Å². The molecule has 0 amide bonds. The number of fused-ring (bicyclic) bond motifs is 4. The van der Waals surface area contributed by atoms with Crippen molar-refractivity contribution in [2.24, 2.45) is 4.99 Å². The van der Waals surface area contributed by atoms with Crippen LogP contribution in [0, 0.1) is 20.8 Å². The molecule has 2 aliphatic heterocycles. The van der Waals surface area contributed by atoms with Gasteiger partial charge in [0, 0.05) is 55.0 Å². The molecule has 0 saturated heterocycles. The van der Waals surface area contributed by atoms with Crippen LogP contribution in [0.4, 0.5) is 0 Å². The highest BCUT2D eigenvalue weighted by Crippen LogP contribution is 2.41. The number of nitrogens with zero attached hydrogens (tertiary/aromatic N) is 3. The standard InChI is InChI=1S/C23H21NO2S2.C21H19NS.C6H8BNO2/c1-16-7-10-21(11-8-16)28(25,26)15-24-17(2)18-9-12-23-20(13-18)14-19-5-3-4-6-22(19)27-23;1-14-11-17(9-10-22-14)15(2)16-7-8-21-19(12-16)13-18-5-3-4-6-20(18)23-21;1-5-4-6(7(9)10)2-3-8-5/h3-13H,14-15H2,1-2H3;3-12,15H,13H2,1-2H3;2-4,9-10H,1H3. The summed E-state index contributed by atoms with van der Waals surface area (Å²) < 4.78 is 25.1. The zero-order chi connectivity index (χ0) is 43.1. The summed E-state index contributed by atoms with van der Waals surface area (Å²) in [7, 11) is -4.82. The number of hydrogen-bond donors (Lipinski definition) is 2. The van der Waals surface area contributed by atoms with Gasteiger partial charge in [-0.25, -0.2) is 8.42 Å². The molecular weight excluding hydrogens is 814 g/mol. The van der Waals surface area contributed by atoms with E-state index in [2.05, 4.69) is 120 Å². The molecule has 1 unspecified atom stereocenters. The molecule has 61 heavy (non-hydrogen) atoms. The van der Waals surface area contributed by atoms with E-state index in [0.29, 0.717) is 16.3 Å². The highest BCUT2D eigenvalue weighted by molar-refractivity contribution is 7.99. The summed E-state index contributed by atoms with van der Waals surface area (Å²) in [6.45, 7) is 9.94. The van der Waals surface area contributed by atoms with Crippen molar-refractivity contribution in [2.75, 3.05) is 5.88 Å². The largest absolute Gasteiger partial charge is 0.488 e. The first-order chi connectivity index (χ1) is 29.3. The van der Waals surface area contributed by atoms with Crippen LogP contribution < -0.4 is 5.46 Å². The maximum absolute atomic E-state index is 12.5. The predicted octanol–water partition coefficient (Wildman–Crippen LogP) is 9.96. The molecule has 1 atom stereocenters. The third-order valence-electron chi connectivity index (χ3n) is 10.7. The monoisotopic (exact) mass is 861 g/mol. The summed E-state index contributed by atoms with van der Waals surface area (Å²) in [6, 6.07) is 44.8. The van der Waals surface area contributed by atoms with Gasteiger partial charge in [0.2, 0.25) is 0 Å². The second kappa shape index (κ2) is 19.6. The Bertz CT molecular complexity index is 2810. The summed E-state index contributed by atoms with van der Waals surface area (Å²) in [6.07, 6.45) is 5.38. The molecule has 0 aliphatic carbocycles. The van der Waals surface area contributed by atoms with Gasteiger partial charge in [-0.1, -0.05) is 103 Å². The predicted molar refractivity (Wildman–Crippen MR) is 250 cm³/mol. The lowest BCUT2D eigenvalue weighted by atomic mass is 9.81. The van der Waals surface area contributed by atoms with Gasteiger partial charge in [0.05, 0.1) is 4.90 Å². The first-order valence-corrected chi connectivity index (χ1v) is 23.4. The van der Waals surface area contributed by atoms with Crippen molar-refractivity contribution >= 4 is 51.7 Å². The Morgan fingerprint density at radius 3 is 1.79 bits per heavy atom. The average Bonchev–Trinajstić information content (AvgIpc) is 3.26. The highest BCUT2D eigenvalue weighted by Gasteiger charge is 2.20. The van der Waals surface area contributed by atoms with Crippen molar-refractivity contribution in [1.82, 2.24) is 9.97 Å². The Balaban J connectivity index is 0.000000152. The summed E-state index contributed by atoms with van der Waals surface area (Å²) in [5.41, 5.74) is 13.3. The minimum absolute atomic E-state index is 0.240. The average molecular weight is 862 g/mol. The van der Waals surface area contributed by atoms with Gasteiger partial charge < -0.3 is 10.0 Å². The lowest BCUT2D eigenvalue weighted by Gasteiger charge is -2.21. The normalized spacial score (nSPS) is 13.1. The van der Waals surface area contributed by atoms with Crippen molar-refractivity contribution in [3.63, 3.8) is 0 Å². The zero-order valence-electron chi connectivity index (χ0n) is 34.9. The number of hydrogen-bond acceptors (Lipinski definition) is 9. The van der Waals surface area contributed by atoms with E-state index in [1.807, 2.05) is 50.0 Å². The maximum atomic E-state index is 12.5. The highest BCUT2D eigenvalue weighted by atomic mass is 32.2. The van der Waals surface area contributed by atoms with Gasteiger partial charge in [-0.05, 0) is 152 Å². The lowest BCUT2D eigenvalue weighted by Crippen LogP contribution is -2.29. The Hall–Kier alpha value is -5.30. The fraction of sp³-hybridized carbons (Fsp3) is 0.180. The fourth-order valence-electron chi connectivity index (χ4n) is 7.15. The number of benzene rings is 5. The van der Waals surface area contributed by atoms with Crippen molar-refractivity contribution in [3.05, 3.63) is 202 Å². The molecule has 0 saturated carbocycles. The Labute approximate surface area is 368 Å². The molecule has 0 fully saturated rings. The summed E-state index contributed by atoms with van der Waals surface area (Å²) in [5.74, 6) is 0.153. The quantitative estimate of drug-likeness (QED) is 0.120. The lowest BCUT2D eigenvalue weighted by molar-refractivity contribution is 0.425. The molecule has 0 radical (unpaired) electrons. The van der Waals surface area contributed by atoms with Crippen LogP contribution in [-0.4, -0.2) is 47.1 Å². The molecular formula is C50H48BN3O4S3. The minimum atomic E-state index is -3.43. The molecule has 7 nitrogen and oxygen atoms in total. The topological polar surface area (TPSA) is 113 Å². The summed E-state index contributed by atoms with van der Waals surface area (Å²) in [5, 5.41) is 17.4. The van der Waals surface area contributed by atoms with Crippen LogP contribution in [0.1, 0.15) is 75.7 Å². The van der Waals surface area contributed by atoms with Gasteiger partial charge in [0.15, 0.2) is 9.84 Å². The van der Waals surface area contributed by atoms with Crippen LogP contribution in [0.5, 0.6) is 0 Å². The molecule has 2 N–H and O–H groups in total. The van der Waals surface area contributed by atoms with E-state index >= 15 is 0 Å². The number of aryl methyl sites for hydroxylation is 3. The molecule has 11 heteroatoms. The number of sulfone groups is 1. The minimum Gasteiger partial charge on any atom is -0.423 e. The van der Waals surface area contributed by atoms with Gasteiger partial charge in [0.1, 0.15) is 5.88 Å². The van der Waals surface area contributed by atoms with Crippen LogP contribution in [0.15, 0.2) is 175 Å². The van der Waals surface area contributed by atoms with Gasteiger partial charge in [-0.2, -0.15) is 0 Å². The van der Waals surface area contributed by atoms with Crippen LogP contribution in [-0.2, 0) is 22.7 Å². The second-order valence-electron chi connectivity index (χ2n) is 15.3. The smallest absolute Gasteiger partial charge is 0.423 e. The third-order valence-corrected chi connectivity index (χ3v) is 14.6. The van der Waals surface area contributed by atoms with E-state index in [-0.39, 0.29) is 5.88 Å². The molecule has 308 valence electrons. The Morgan fingerprint density at radius 2 is 1.20 bits per heavy atom. The molecule has 2 aliphatic rings. The molecule has 0 bridgehead atoms. The van der Waals surface area contributed by atoms with E-state index in [1.54, 1.807) is 49.1 Å². The second-order valence-corrected chi connectivity index (χ2v) is 19.4. The Morgan fingerprint density at radius 1 is 0.656 bits per heavy atom. The van der Waals surface area contributed by atoms with E-state index in [0.717, 1.165) is 41.1 Å². The number of rotatable bonds is 7. The molecule has 4 heterocycles. The first kappa shape index (κ1) is 43.8. The van der Waals surface area contributed by atoms with Crippen LogP contribution in [0.3, 0.4) is 0 Å². The van der Waals surface area contributed by atoms with Gasteiger partial charge >= 0.3 is 7.12 Å². The maximum Gasteiger partial charge on any atom is 0.488 e. The number of aliphatic imine (C=N–C) groups is 1. The Kier molecular flexibility index (Phi) is 14.1. The van der Waals surface area contributed by atoms with Crippen molar-refractivity contribution < 1.29 is 18.5 Å².